The number of rotatable bonds is 3. The summed E-state index contributed by atoms with van der Waals surface area (Å²) >= 11 is 0. The van der Waals surface area contributed by atoms with Crippen LogP contribution < -0.4 is 4.90 Å². The van der Waals surface area contributed by atoms with Crippen LogP contribution in [-0.2, 0) is 25.1 Å². The summed E-state index contributed by atoms with van der Waals surface area (Å²) in [6.07, 6.45) is 17.2. The van der Waals surface area contributed by atoms with Crippen LogP contribution in [0.15, 0.2) is 48.5 Å². The van der Waals surface area contributed by atoms with Crippen LogP contribution >= 0.6 is 0 Å². The molecule has 1 unspecified atom stereocenters. The van der Waals surface area contributed by atoms with Crippen molar-refractivity contribution in [2.75, 3.05) is 6.54 Å². The smallest absolute Gasteiger partial charge is 0.129 e. The zero-order valence-electron chi connectivity index (χ0n) is 22.1. The molecule has 3 heteroatoms. The average Bonchev–Trinajstić information content (AvgIpc) is 3.23. The average molecular weight is 486 g/mol. The molecule has 3 aromatic rings. The van der Waals surface area contributed by atoms with Crippen LogP contribution in [0.1, 0.15) is 112 Å². The molecule has 1 fully saturated rings. The zero-order chi connectivity index (χ0) is 24.4. The Morgan fingerprint density at radius 1 is 0.833 bits per heavy atom. The fraction of sp³-hybridized carbons (Fsp3) is 0.576. The normalized spacial score (nSPS) is 25.0. The number of fused-ring (bicyclic) bond motifs is 3. The lowest BCUT2D eigenvalue weighted by atomic mass is 9.82. The molecule has 3 nitrogen and oxygen atoms in total. The molecule has 0 spiro atoms. The highest BCUT2D eigenvalue weighted by Gasteiger charge is 2.38. The molecule has 192 valence electrons. The van der Waals surface area contributed by atoms with Crippen molar-refractivity contribution in [3.63, 3.8) is 0 Å². The minimum atomic E-state index is -0.665. The van der Waals surface area contributed by atoms with Crippen molar-refractivity contribution in [1.29, 1.82) is 0 Å². The number of aryl methyl sites for hydroxylation is 1. The molecule has 6 rings (SSSR count). The Balaban J connectivity index is 1.32. The summed E-state index contributed by atoms with van der Waals surface area (Å²) in [7, 11) is 0. The number of hydrogen-bond acceptors (Lipinski definition) is 1. The van der Waals surface area contributed by atoms with E-state index in [2.05, 4.69) is 53.1 Å². The predicted octanol–water partition coefficient (Wildman–Crippen LogP) is 6.61. The third-order valence-electron chi connectivity index (χ3n) is 9.60. The lowest BCUT2D eigenvalue weighted by Gasteiger charge is -2.37. The molecule has 2 heterocycles. The van der Waals surface area contributed by atoms with Gasteiger partial charge in [-0.1, -0.05) is 94.2 Å². The Morgan fingerprint density at radius 2 is 1.53 bits per heavy atom. The number of aliphatic hydroxyl groups is 1. The maximum absolute atomic E-state index is 12.0. The fourth-order valence-electron chi connectivity index (χ4n) is 7.64. The topological polar surface area (TPSA) is 29.6 Å². The summed E-state index contributed by atoms with van der Waals surface area (Å²) in [5.41, 5.74) is 6.58. The van der Waals surface area contributed by atoms with Gasteiger partial charge in [-0.3, -0.25) is 0 Å². The van der Waals surface area contributed by atoms with Gasteiger partial charge < -0.3 is 14.6 Å². The Kier molecular flexibility index (Phi) is 7.22. The minimum Gasteiger partial charge on any atom is -0.385 e. The van der Waals surface area contributed by atoms with E-state index < -0.39 is 5.60 Å². The molecule has 0 radical (unpaired) electrons. The number of nitrogens with zero attached hydrogens (tertiary/aromatic N) is 1. The second-order valence-corrected chi connectivity index (χ2v) is 12.0. The first-order valence-electron chi connectivity index (χ1n) is 15.0. The lowest BCUT2D eigenvalue weighted by Crippen LogP contribution is -3.12. The van der Waals surface area contributed by atoms with E-state index in [-0.39, 0.29) is 0 Å². The van der Waals surface area contributed by atoms with Crippen LogP contribution in [0.5, 0.6) is 0 Å². The number of hydrogen-bond donors (Lipinski definition) is 2. The van der Waals surface area contributed by atoms with Gasteiger partial charge in [0.05, 0.1) is 24.4 Å². The van der Waals surface area contributed by atoms with E-state index in [1.54, 1.807) is 16.2 Å². The Labute approximate surface area is 217 Å². The SMILES string of the molecule is OC1(c2ccc3c(c2)c2c4n3CC[NH+](Cc3ccccc3)[C@@H]4CCC2)CCCCCCCCCCC1. The van der Waals surface area contributed by atoms with Gasteiger partial charge in [0.25, 0.3) is 0 Å². The monoisotopic (exact) mass is 485 g/mol. The molecule has 0 amide bonds. The van der Waals surface area contributed by atoms with Crippen LogP contribution in [0.2, 0.25) is 0 Å². The molecule has 2 aliphatic carbocycles. The van der Waals surface area contributed by atoms with Crippen LogP contribution in [0, 0.1) is 0 Å². The van der Waals surface area contributed by atoms with Gasteiger partial charge in [-0.2, -0.15) is 0 Å². The summed E-state index contributed by atoms with van der Waals surface area (Å²) in [6, 6.07) is 18.7. The van der Waals surface area contributed by atoms with Gasteiger partial charge in [-0.15, -0.1) is 0 Å². The molecule has 1 aromatic heterocycles. The Morgan fingerprint density at radius 3 is 2.25 bits per heavy atom. The van der Waals surface area contributed by atoms with Crippen molar-refractivity contribution >= 4 is 10.9 Å². The van der Waals surface area contributed by atoms with Gasteiger partial charge in [-0.25, -0.2) is 0 Å². The first kappa shape index (κ1) is 24.2. The quantitative estimate of drug-likeness (QED) is 0.429. The zero-order valence-corrected chi connectivity index (χ0v) is 22.1. The highest BCUT2D eigenvalue weighted by atomic mass is 16.3. The van der Waals surface area contributed by atoms with Crippen molar-refractivity contribution in [3.8, 4) is 0 Å². The first-order chi connectivity index (χ1) is 17.7. The second kappa shape index (κ2) is 10.7. The van der Waals surface area contributed by atoms with Crippen molar-refractivity contribution in [2.45, 2.75) is 115 Å². The van der Waals surface area contributed by atoms with Gasteiger partial charge >= 0.3 is 0 Å². The van der Waals surface area contributed by atoms with E-state index in [4.69, 9.17) is 0 Å². The number of benzene rings is 2. The highest BCUT2D eigenvalue weighted by Crippen LogP contribution is 2.41. The van der Waals surface area contributed by atoms with Gasteiger partial charge in [0.2, 0.25) is 0 Å². The van der Waals surface area contributed by atoms with Gasteiger partial charge in [-0.05, 0) is 48.9 Å². The van der Waals surface area contributed by atoms with Crippen molar-refractivity contribution in [2.24, 2.45) is 0 Å². The van der Waals surface area contributed by atoms with E-state index >= 15 is 0 Å². The highest BCUT2D eigenvalue weighted by molar-refractivity contribution is 5.87. The van der Waals surface area contributed by atoms with E-state index in [1.807, 2.05) is 0 Å². The third-order valence-corrected chi connectivity index (χ3v) is 9.60. The van der Waals surface area contributed by atoms with Crippen LogP contribution in [0.4, 0.5) is 0 Å². The minimum absolute atomic E-state index is 0.600. The Bertz CT molecular complexity index is 1150. The molecule has 1 aliphatic heterocycles. The van der Waals surface area contributed by atoms with Crippen LogP contribution in [0.25, 0.3) is 10.9 Å². The second-order valence-electron chi connectivity index (χ2n) is 12.0. The lowest BCUT2D eigenvalue weighted by molar-refractivity contribution is -0.950. The van der Waals surface area contributed by atoms with Gasteiger partial charge in [0.15, 0.2) is 0 Å². The standard InChI is InChI=1S/C33H44N2O/c36-33(20-11-6-4-2-1-3-5-7-12-21-33)27-18-19-30-29(24-27)28-16-13-17-31-32(28)35(30)23-22-34(31)25-26-14-9-8-10-15-26/h8-10,14-15,18-19,24,31,36H,1-7,11-13,16-17,20-23,25H2/p+1/t31-/m1/s1. The van der Waals surface area contributed by atoms with E-state index in [1.165, 1.54) is 92.8 Å². The van der Waals surface area contributed by atoms with E-state index in [9.17, 15) is 5.11 Å². The van der Waals surface area contributed by atoms with Crippen molar-refractivity contribution < 1.29 is 10.0 Å². The molecule has 36 heavy (non-hydrogen) atoms. The predicted molar refractivity (Wildman–Crippen MR) is 148 cm³/mol. The molecule has 2 aromatic carbocycles. The van der Waals surface area contributed by atoms with Crippen molar-refractivity contribution in [1.82, 2.24) is 4.57 Å². The Hall–Kier alpha value is -2.10. The van der Waals surface area contributed by atoms with Crippen LogP contribution in [-0.4, -0.2) is 16.2 Å². The van der Waals surface area contributed by atoms with Gasteiger partial charge in [0.1, 0.15) is 12.6 Å². The molecule has 0 saturated heterocycles. The molecule has 0 bridgehead atoms. The van der Waals surface area contributed by atoms with Gasteiger partial charge in [0, 0.05) is 22.9 Å². The summed E-state index contributed by atoms with van der Waals surface area (Å²) in [5, 5.41) is 13.5. The molecular formula is C33H45N2O+. The third kappa shape index (κ3) is 4.77. The summed E-state index contributed by atoms with van der Waals surface area (Å²) in [5.74, 6) is 0. The van der Waals surface area contributed by atoms with Crippen molar-refractivity contribution in [3.05, 3.63) is 70.9 Å². The van der Waals surface area contributed by atoms with E-state index in [0.29, 0.717) is 6.04 Å². The van der Waals surface area contributed by atoms with E-state index in [0.717, 1.165) is 38.8 Å². The number of quaternary nitrogens is 1. The summed E-state index contributed by atoms with van der Waals surface area (Å²) in [6.45, 7) is 3.42. The molecule has 2 atom stereocenters. The largest absolute Gasteiger partial charge is 0.385 e. The maximum atomic E-state index is 12.0. The first-order valence-corrected chi connectivity index (χ1v) is 15.0. The molecule has 2 N–H and O–H groups in total. The molecule has 3 aliphatic rings. The maximum Gasteiger partial charge on any atom is 0.129 e. The fourth-order valence-corrected chi connectivity index (χ4v) is 7.64. The summed E-state index contributed by atoms with van der Waals surface area (Å²) < 4.78 is 2.65. The summed E-state index contributed by atoms with van der Waals surface area (Å²) in [4.78, 5) is 1.73. The molecule has 1 saturated carbocycles. The molecular weight excluding hydrogens is 440 g/mol. The number of aromatic nitrogens is 1. The number of nitrogens with one attached hydrogen (secondary N) is 1. The van der Waals surface area contributed by atoms with Crippen LogP contribution in [0.3, 0.4) is 0 Å².